The van der Waals surface area contributed by atoms with Gasteiger partial charge in [-0.2, -0.15) is 17.0 Å². The molecule has 1 N–H and O–H groups in total. The van der Waals surface area contributed by atoms with E-state index >= 15 is 0 Å². The third-order valence-corrected chi connectivity index (χ3v) is 5.19. The van der Waals surface area contributed by atoms with Crippen LogP contribution in [0.1, 0.15) is 32.1 Å². The third-order valence-electron chi connectivity index (χ3n) is 2.46. The van der Waals surface area contributed by atoms with Crippen molar-refractivity contribution in [1.29, 1.82) is 5.26 Å². The van der Waals surface area contributed by atoms with Crippen molar-refractivity contribution in [2.45, 2.75) is 38.1 Å². The molecule has 0 radical (unpaired) electrons. The summed E-state index contributed by atoms with van der Waals surface area (Å²) in [5, 5.41) is 8.34. The number of nitrogens with zero attached hydrogens (tertiary/aromatic N) is 1. The molecule has 6 heteroatoms. The van der Waals surface area contributed by atoms with Gasteiger partial charge in [0.1, 0.15) is 0 Å². The maximum atomic E-state index is 11.7. The molecule has 1 heterocycles. The Morgan fingerprint density at radius 3 is 2.88 bits per heavy atom. The highest BCUT2D eigenvalue weighted by Crippen LogP contribution is 2.17. The molecule has 1 unspecified atom stereocenters. The lowest BCUT2D eigenvalue weighted by atomic mass is 10.2. The van der Waals surface area contributed by atoms with Crippen LogP contribution in [0.3, 0.4) is 0 Å². The Morgan fingerprint density at radius 2 is 2.25 bits per heavy atom. The minimum Gasteiger partial charge on any atom is -0.212 e. The first-order chi connectivity index (χ1) is 7.64. The number of hydrogen-bond acceptors (Lipinski definition) is 4. The zero-order valence-corrected chi connectivity index (χ0v) is 10.9. The summed E-state index contributed by atoms with van der Waals surface area (Å²) in [4.78, 5) is 0. The molecule has 1 fully saturated rings. The summed E-state index contributed by atoms with van der Waals surface area (Å²) in [5.74, 6) is 2.17. The second-order valence-electron chi connectivity index (χ2n) is 3.97. The van der Waals surface area contributed by atoms with Crippen molar-refractivity contribution in [1.82, 2.24) is 4.72 Å². The normalized spacial score (nSPS) is 21.6. The van der Waals surface area contributed by atoms with Crippen LogP contribution in [-0.2, 0) is 10.0 Å². The van der Waals surface area contributed by atoms with Crippen LogP contribution in [0.25, 0.3) is 0 Å². The molecule has 1 atom stereocenters. The SMILES string of the molecule is N#CCCCCS(=O)(=O)NC1CCCSC1. The van der Waals surface area contributed by atoms with Crippen LogP contribution in [0.2, 0.25) is 0 Å². The van der Waals surface area contributed by atoms with Crippen molar-refractivity contribution in [2.75, 3.05) is 17.3 Å². The predicted octanol–water partition coefficient (Wildman–Crippen LogP) is 1.50. The van der Waals surface area contributed by atoms with Crippen LogP contribution >= 0.6 is 11.8 Å². The van der Waals surface area contributed by atoms with Gasteiger partial charge in [-0.3, -0.25) is 0 Å². The van der Waals surface area contributed by atoms with Gasteiger partial charge in [0.05, 0.1) is 11.8 Å². The highest BCUT2D eigenvalue weighted by molar-refractivity contribution is 7.99. The first-order valence-electron chi connectivity index (χ1n) is 5.59. The van der Waals surface area contributed by atoms with Gasteiger partial charge >= 0.3 is 0 Å². The van der Waals surface area contributed by atoms with Crippen LogP contribution in [0.4, 0.5) is 0 Å². The van der Waals surface area contributed by atoms with Gasteiger partial charge in [0.15, 0.2) is 0 Å². The summed E-state index contributed by atoms with van der Waals surface area (Å²) >= 11 is 1.81. The Labute approximate surface area is 102 Å². The fourth-order valence-electron chi connectivity index (χ4n) is 1.64. The molecule has 1 saturated heterocycles. The summed E-state index contributed by atoms with van der Waals surface area (Å²) in [6.07, 6.45) is 3.71. The molecule has 0 saturated carbocycles. The Kier molecular flexibility index (Phi) is 6.17. The Morgan fingerprint density at radius 1 is 1.44 bits per heavy atom. The van der Waals surface area contributed by atoms with E-state index in [9.17, 15) is 8.42 Å². The molecule has 0 amide bonds. The summed E-state index contributed by atoms with van der Waals surface area (Å²) in [6, 6.07) is 2.13. The Bertz CT molecular complexity index is 329. The molecule has 0 aliphatic carbocycles. The van der Waals surface area contributed by atoms with Crippen molar-refractivity contribution < 1.29 is 8.42 Å². The summed E-state index contributed by atoms with van der Waals surface area (Å²) in [5.41, 5.74) is 0. The minimum absolute atomic E-state index is 0.111. The first-order valence-corrected chi connectivity index (χ1v) is 8.39. The number of unbranched alkanes of at least 4 members (excludes halogenated alkanes) is 2. The van der Waals surface area contributed by atoms with Gasteiger partial charge in [-0.05, 0) is 31.4 Å². The van der Waals surface area contributed by atoms with E-state index in [-0.39, 0.29) is 11.8 Å². The predicted molar refractivity (Wildman–Crippen MR) is 66.7 cm³/mol. The lowest BCUT2D eigenvalue weighted by Gasteiger charge is -2.22. The standard InChI is InChI=1S/C10H18N2O2S2/c11-6-2-1-3-8-16(13,14)12-10-5-4-7-15-9-10/h10,12H,1-5,7-9H2. The topological polar surface area (TPSA) is 70.0 Å². The third kappa shape index (κ3) is 5.73. The first kappa shape index (κ1) is 13.8. The molecule has 1 rings (SSSR count). The van der Waals surface area contributed by atoms with Crippen LogP contribution in [0.15, 0.2) is 0 Å². The smallest absolute Gasteiger partial charge is 0.211 e. The second kappa shape index (κ2) is 7.15. The highest BCUT2D eigenvalue weighted by Gasteiger charge is 2.19. The van der Waals surface area contributed by atoms with E-state index in [1.807, 2.05) is 6.07 Å². The molecule has 1 aliphatic heterocycles. The summed E-state index contributed by atoms with van der Waals surface area (Å²) < 4.78 is 26.1. The van der Waals surface area contributed by atoms with Gasteiger partial charge in [0.2, 0.25) is 10.0 Å². The van der Waals surface area contributed by atoms with Crippen molar-refractivity contribution in [2.24, 2.45) is 0 Å². The van der Waals surface area contributed by atoms with Crippen LogP contribution < -0.4 is 4.72 Å². The lowest BCUT2D eigenvalue weighted by molar-refractivity contribution is 0.540. The quantitative estimate of drug-likeness (QED) is 0.736. The molecular weight excluding hydrogens is 244 g/mol. The molecule has 16 heavy (non-hydrogen) atoms. The molecule has 0 spiro atoms. The zero-order chi connectivity index (χ0) is 11.9. The molecule has 0 bridgehead atoms. The number of nitriles is 1. The van der Waals surface area contributed by atoms with Crippen molar-refractivity contribution in [3.05, 3.63) is 0 Å². The van der Waals surface area contributed by atoms with Crippen LogP contribution in [-0.4, -0.2) is 31.7 Å². The van der Waals surface area contributed by atoms with Crippen molar-refractivity contribution >= 4 is 21.8 Å². The molecule has 1 aliphatic rings. The van der Waals surface area contributed by atoms with E-state index in [0.29, 0.717) is 19.3 Å². The van der Waals surface area contributed by atoms with E-state index < -0.39 is 10.0 Å². The fourth-order valence-corrected chi connectivity index (χ4v) is 4.23. The number of hydrogen-bond donors (Lipinski definition) is 1. The molecular formula is C10H18N2O2S2. The van der Waals surface area contributed by atoms with Gasteiger partial charge in [0, 0.05) is 18.2 Å². The average Bonchev–Trinajstić information content (AvgIpc) is 2.25. The fraction of sp³-hybridized carbons (Fsp3) is 0.900. The lowest BCUT2D eigenvalue weighted by Crippen LogP contribution is -2.39. The van der Waals surface area contributed by atoms with E-state index in [1.54, 1.807) is 11.8 Å². The van der Waals surface area contributed by atoms with Crippen molar-refractivity contribution in [3.63, 3.8) is 0 Å². The molecule has 0 aromatic carbocycles. The van der Waals surface area contributed by atoms with Gasteiger partial charge < -0.3 is 0 Å². The van der Waals surface area contributed by atoms with E-state index in [4.69, 9.17) is 5.26 Å². The maximum absolute atomic E-state index is 11.7. The number of nitrogens with one attached hydrogen (secondary N) is 1. The highest BCUT2D eigenvalue weighted by atomic mass is 32.2. The largest absolute Gasteiger partial charge is 0.212 e. The van der Waals surface area contributed by atoms with Gasteiger partial charge in [-0.25, -0.2) is 13.1 Å². The molecule has 0 aromatic heterocycles. The van der Waals surface area contributed by atoms with Gasteiger partial charge in [-0.1, -0.05) is 0 Å². The van der Waals surface area contributed by atoms with E-state index in [2.05, 4.69) is 4.72 Å². The maximum Gasteiger partial charge on any atom is 0.211 e. The number of thioether (sulfide) groups is 1. The van der Waals surface area contributed by atoms with Gasteiger partial charge in [0.25, 0.3) is 0 Å². The monoisotopic (exact) mass is 262 g/mol. The number of sulfonamides is 1. The molecule has 0 aromatic rings. The average molecular weight is 262 g/mol. The minimum atomic E-state index is -3.13. The van der Waals surface area contributed by atoms with E-state index in [0.717, 1.165) is 24.3 Å². The van der Waals surface area contributed by atoms with E-state index in [1.165, 1.54) is 0 Å². The Balaban J connectivity index is 2.25. The van der Waals surface area contributed by atoms with Crippen LogP contribution in [0.5, 0.6) is 0 Å². The van der Waals surface area contributed by atoms with Gasteiger partial charge in [-0.15, -0.1) is 0 Å². The molecule has 4 nitrogen and oxygen atoms in total. The molecule has 92 valence electrons. The number of rotatable bonds is 6. The summed E-state index contributed by atoms with van der Waals surface area (Å²) in [6.45, 7) is 0. The zero-order valence-electron chi connectivity index (χ0n) is 9.31. The second-order valence-corrected chi connectivity index (χ2v) is 6.99. The van der Waals surface area contributed by atoms with Crippen LogP contribution in [0, 0.1) is 11.3 Å². The van der Waals surface area contributed by atoms with Crippen molar-refractivity contribution in [3.8, 4) is 6.07 Å². The summed E-state index contributed by atoms with van der Waals surface area (Å²) in [7, 11) is -3.13. The Hall–Kier alpha value is -0.250.